The van der Waals surface area contributed by atoms with Gasteiger partial charge in [0.2, 0.25) is 5.89 Å². The van der Waals surface area contributed by atoms with E-state index in [4.69, 9.17) is 13.9 Å². The highest BCUT2D eigenvalue weighted by atomic mass is 16.5. The minimum absolute atomic E-state index is 0.0505. The van der Waals surface area contributed by atoms with Gasteiger partial charge in [-0.25, -0.2) is 4.98 Å². The number of carbonyl (C=O) groups is 2. The third kappa shape index (κ3) is 5.18. The van der Waals surface area contributed by atoms with Crippen molar-refractivity contribution in [3.63, 3.8) is 0 Å². The second kappa shape index (κ2) is 10.4. The first-order valence-corrected chi connectivity index (χ1v) is 13.0. The molecule has 0 saturated carbocycles. The SMILES string of the molecule is CCOc1ccccc1N1CCN(C(=O)c2coc(CN3C(=O)COc4ccc(C(C)(C)C)cc43)n2)CC1. The quantitative estimate of drug-likeness (QED) is 0.482. The van der Waals surface area contributed by atoms with Crippen molar-refractivity contribution in [3.8, 4) is 11.5 Å². The first kappa shape index (κ1) is 25.6. The van der Waals surface area contributed by atoms with E-state index in [2.05, 4.69) is 30.7 Å². The standard InChI is InChI=1S/C29H34N4O5/c1-5-36-24-9-7-6-8-22(24)31-12-14-32(15-13-31)28(35)21-18-38-26(30-21)17-33-23-16-20(29(2,3)4)10-11-25(23)37-19-27(33)34/h6-11,16,18H,5,12-15,17,19H2,1-4H3. The molecule has 3 heterocycles. The van der Waals surface area contributed by atoms with Crippen LogP contribution in [0.15, 0.2) is 53.1 Å². The van der Waals surface area contributed by atoms with Crippen LogP contribution in [0.5, 0.6) is 11.5 Å². The van der Waals surface area contributed by atoms with Gasteiger partial charge in [0.25, 0.3) is 11.8 Å². The Morgan fingerprint density at radius 2 is 1.82 bits per heavy atom. The summed E-state index contributed by atoms with van der Waals surface area (Å²) >= 11 is 0. The lowest BCUT2D eigenvalue weighted by molar-refractivity contribution is -0.121. The molecule has 1 fully saturated rings. The highest BCUT2D eigenvalue weighted by molar-refractivity contribution is 5.98. The van der Waals surface area contributed by atoms with Crippen molar-refractivity contribution in [1.29, 1.82) is 0 Å². The van der Waals surface area contributed by atoms with Crippen molar-refractivity contribution in [3.05, 3.63) is 65.9 Å². The average Bonchev–Trinajstić information content (AvgIpc) is 3.38. The second-order valence-corrected chi connectivity index (χ2v) is 10.5. The fourth-order valence-corrected chi connectivity index (χ4v) is 4.77. The first-order chi connectivity index (χ1) is 18.2. The van der Waals surface area contributed by atoms with E-state index in [1.807, 2.05) is 49.4 Å². The van der Waals surface area contributed by atoms with Crippen LogP contribution in [0.1, 0.15) is 49.6 Å². The molecule has 0 spiro atoms. The Morgan fingerprint density at radius 3 is 2.55 bits per heavy atom. The molecular weight excluding hydrogens is 484 g/mol. The Morgan fingerprint density at radius 1 is 1.05 bits per heavy atom. The first-order valence-electron chi connectivity index (χ1n) is 13.0. The van der Waals surface area contributed by atoms with Crippen LogP contribution in [0.2, 0.25) is 0 Å². The predicted octanol–water partition coefficient (Wildman–Crippen LogP) is 4.26. The van der Waals surface area contributed by atoms with Gasteiger partial charge in [-0.3, -0.25) is 14.5 Å². The number of piperazine rings is 1. The van der Waals surface area contributed by atoms with E-state index < -0.39 is 0 Å². The van der Waals surface area contributed by atoms with Crippen LogP contribution in [-0.4, -0.2) is 61.1 Å². The van der Waals surface area contributed by atoms with E-state index in [0.29, 0.717) is 50.1 Å². The van der Waals surface area contributed by atoms with Gasteiger partial charge < -0.3 is 23.7 Å². The zero-order chi connectivity index (χ0) is 26.9. The van der Waals surface area contributed by atoms with Gasteiger partial charge in [0.1, 0.15) is 24.3 Å². The Hall–Kier alpha value is -4.01. The summed E-state index contributed by atoms with van der Waals surface area (Å²) in [4.78, 5) is 36.0. The number of ether oxygens (including phenoxy) is 2. The van der Waals surface area contributed by atoms with E-state index >= 15 is 0 Å². The van der Waals surface area contributed by atoms with E-state index in [0.717, 1.165) is 17.0 Å². The molecule has 0 aliphatic carbocycles. The summed E-state index contributed by atoms with van der Waals surface area (Å²) in [6.45, 7) is 11.5. The smallest absolute Gasteiger partial charge is 0.275 e. The lowest BCUT2D eigenvalue weighted by Crippen LogP contribution is -2.49. The molecular formula is C29H34N4O5. The third-order valence-corrected chi connectivity index (χ3v) is 6.90. The molecule has 2 aromatic carbocycles. The predicted molar refractivity (Wildman–Crippen MR) is 144 cm³/mol. The van der Waals surface area contributed by atoms with Crippen molar-refractivity contribution in [2.75, 3.05) is 49.2 Å². The highest BCUT2D eigenvalue weighted by Gasteiger charge is 2.30. The van der Waals surface area contributed by atoms with E-state index in [1.165, 1.54) is 6.26 Å². The molecule has 1 aromatic heterocycles. The summed E-state index contributed by atoms with van der Waals surface area (Å²) in [5, 5.41) is 0. The number of nitrogens with zero attached hydrogens (tertiary/aromatic N) is 4. The van der Waals surface area contributed by atoms with Gasteiger partial charge in [0, 0.05) is 26.2 Å². The van der Waals surface area contributed by atoms with Crippen molar-refractivity contribution < 1.29 is 23.5 Å². The Kier molecular flexibility index (Phi) is 7.01. The molecule has 0 unspecified atom stereocenters. The minimum atomic E-state index is -0.182. The van der Waals surface area contributed by atoms with Crippen LogP contribution in [0, 0.1) is 0 Å². The summed E-state index contributed by atoms with van der Waals surface area (Å²) in [5.41, 5.74) is 2.97. The Bertz CT molecular complexity index is 1320. The van der Waals surface area contributed by atoms with Gasteiger partial charge in [-0.1, -0.05) is 39.0 Å². The molecule has 9 nitrogen and oxygen atoms in total. The molecule has 9 heteroatoms. The minimum Gasteiger partial charge on any atom is -0.492 e. The maximum absolute atomic E-state index is 13.2. The number of benzene rings is 2. The second-order valence-electron chi connectivity index (χ2n) is 10.5. The summed E-state index contributed by atoms with van der Waals surface area (Å²) in [6, 6.07) is 13.9. The largest absolute Gasteiger partial charge is 0.492 e. The summed E-state index contributed by atoms with van der Waals surface area (Å²) in [6.07, 6.45) is 1.38. The van der Waals surface area contributed by atoms with Crippen molar-refractivity contribution in [1.82, 2.24) is 9.88 Å². The number of aromatic nitrogens is 1. The molecule has 2 aliphatic heterocycles. The van der Waals surface area contributed by atoms with Gasteiger partial charge in [-0.05, 0) is 42.2 Å². The molecule has 38 heavy (non-hydrogen) atoms. The monoisotopic (exact) mass is 518 g/mol. The summed E-state index contributed by atoms with van der Waals surface area (Å²) < 4.78 is 17.1. The van der Waals surface area contributed by atoms with Gasteiger partial charge in [0.15, 0.2) is 12.3 Å². The van der Waals surface area contributed by atoms with Crippen molar-refractivity contribution in [2.24, 2.45) is 0 Å². The zero-order valence-electron chi connectivity index (χ0n) is 22.4. The third-order valence-electron chi connectivity index (χ3n) is 6.90. The lowest BCUT2D eigenvalue weighted by Gasteiger charge is -2.36. The fraction of sp³-hybridized carbons (Fsp3) is 0.414. The topological polar surface area (TPSA) is 88.4 Å². The molecule has 0 N–H and O–H groups in total. The molecule has 2 aliphatic rings. The van der Waals surface area contributed by atoms with Crippen LogP contribution in [0.4, 0.5) is 11.4 Å². The highest BCUT2D eigenvalue weighted by Crippen LogP contribution is 2.37. The normalized spacial score (nSPS) is 15.8. The molecule has 200 valence electrons. The number of carbonyl (C=O) groups excluding carboxylic acids is 2. The van der Waals surface area contributed by atoms with Crippen LogP contribution in [-0.2, 0) is 16.8 Å². The van der Waals surface area contributed by atoms with Crippen LogP contribution >= 0.6 is 0 Å². The molecule has 3 aromatic rings. The molecule has 0 bridgehead atoms. The molecule has 1 saturated heterocycles. The van der Waals surface area contributed by atoms with Crippen molar-refractivity contribution >= 4 is 23.2 Å². The van der Waals surface area contributed by atoms with E-state index in [-0.39, 0.29) is 36.1 Å². The molecule has 0 radical (unpaired) electrons. The van der Waals surface area contributed by atoms with E-state index in [9.17, 15) is 9.59 Å². The van der Waals surface area contributed by atoms with Crippen molar-refractivity contribution in [2.45, 2.75) is 39.7 Å². The number of amides is 2. The molecule has 0 atom stereocenters. The number of fused-ring (bicyclic) bond motifs is 1. The fourth-order valence-electron chi connectivity index (χ4n) is 4.77. The van der Waals surface area contributed by atoms with Crippen LogP contribution in [0.25, 0.3) is 0 Å². The number of oxazole rings is 1. The zero-order valence-corrected chi connectivity index (χ0v) is 22.4. The Labute approximate surface area is 222 Å². The van der Waals surface area contributed by atoms with Gasteiger partial charge in [0.05, 0.1) is 18.0 Å². The molecule has 2 amide bonds. The number of anilines is 2. The summed E-state index contributed by atoms with van der Waals surface area (Å²) in [7, 11) is 0. The number of hydrogen-bond acceptors (Lipinski definition) is 7. The van der Waals surface area contributed by atoms with Gasteiger partial charge in [-0.15, -0.1) is 0 Å². The summed E-state index contributed by atoms with van der Waals surface area (Å²) in [5.74, 6) is 1.44. The Balaban J connectivity index is 1.26. The average molecular weight is 519 g/mol. The number of rotatable bonds is 6. The number of hydrogen-bond donors (Lipinski definition) is 0. The van der Waals surface area contributed by atoms with Crippen LogP contribution in [0.3, 0.4) is 0 Å². The van der Waals surface area contributed by atoms with Crippen LogP contribution < -0.4 is 19.3 Å². The molecule has 5 rings (SSSR count). The lowest BCUT2D eigenvalue weighted by atomic mass is 9.86. The van der Waals surface area contributed by atoms with E-state index in [1.54, 1.807) is 9.80 Å². The maximum atomic E-state index is 13.2. The van der Waals surface area contributed by atoms with Gasteiger partial charge in [-0.2, -0.15) is 0 Å². The number of para-hydroxylation sites is 2. The van der Waals surface area contributed by atoms with Gasteiger partial charge >= 0.3 is 0 Å². The maximum Gasteiger partial charge on any atom is 0.275 e.